The average Bonchev–Trinajstić information content (AvgIpc) is 3.49. The standard InChI is InChI=1S/C27H25N7O2/c1-33-23-12-11-20(34-24(17-5-3-2-4-6-17)14-22(32-34)25(36)16-35)13-21(23)31-26(33)15-30-19-9-7-18(8-10-19)27(28)29/h2-14,16,25,30,36H,15H2,1H3,(H3,28,29). The van der Waals surface area contributed by atoms with Crippen molar-refractivity contribution in [1.82, 2.24) is 19.3 Å². The first kappa shape index (κ1) is 23.0. The Morgan fingerprint density at radius 2 is 1.86 bits per heavy atom. The van der Waals surface area contributed by atoms with Crippen molar-refractivity contribution >= 4 is 28.8 Å². The van der Waals surface area contributed by atoms with E-state index in [9.17, 15) is 9.90 Å². The Bertz CT molecular complexity index is 1550. The summed E-state index contributed by atoms with van der Waals surface area (Å²) in [7, 11) is 1.97. The number of nitrogens with zero attached hydrogens (tertiary/aromatic N) is 4. The maximum Gasteiger partial charge on any atom is 0.154 e. The molecule has 36 heavy (non-hydrogen) atoms. The maximum absolute atomic E-state index is 11.2. The van der Waals surface area contributed by atoms with Crippen LogP contribution in [0, 0.1) is 5.41 Å². The second kappa shape index (κ2) is 9.47. The number of aldehydes is 1. The number of carbonyl (C=O) groups is 1. The molecule has 1 unspecified atom stereocenters. The lowest BCUT2D eigenvalue weighted by atomic mass is 10.1. The number of benzene rings is 3. The third kappa shape index (κ3) is 4.35. The molecule has 0 aliphatic heterocycles. The fourth-order valence-corrected chi connectivity index (χ4v) is 4.10. The molecule has 3 aromatic carbocycles. The molecule has 0 aliphatic rings. The summed E-state index contributed by atoms with van der Waals surface area (Å²) in [5.41, 5.74) is 11.6. The number of hydrogen-bond donors (Lipinski definition) is 4. The number of aromatic nitrogens is 4. The van der Waals surface area contributed by atoms with Crippen LogP contribution in [0.5, 0.6) is 0 Å². The van der Waals surface area contributed by atoms with Gasteiger partial charge in [0.05, 0.1) is 34.7 Å². The monoisotopic (exact) mass is 479 g/mol. The summed E-state index contributed by atoms with van der Waals surface area (Å²) in [6.45, 7) is 0.507. The maximum atomic E-state index is 11.2. The van der Waals surface area contributed by atoms with Gasteiger partial charge in [-0.2, -0.15) is 5.10 Å². The van der Waals surface area contributed by atoms with Crippen LogP contribution in [0.4, 0.5) is 5.69 Å². The highest BCUT2D eigenvalue weighted by atomic mass is 16.3. The van der Waals surface area contributed by atoms with E-state index in [0.717, 1.165) is 39.5 Å². The molecular formula is C27H25N7O2. The first-order valence-electron chi connectivity index (χ1n) is 11.4. The van der Waals surface area contributed by atoms with E-state index in [1.165, 1.54) is 0 Å². The number of hydrogen-bond acceptors (Lipinski definition) is 6. The quantitative estimate of drug-likeness (QED) is 0.153. The Kier molecular flexibility index (Phi) is 6.05. The normalized spacial score (nSPS) is 11.9. The van der Waals surface area contributed by atoms with Gasteiger partial charge in [-0.1, -0.05) is 30.3 Å². The fraction of sp³-hybridized carbons (Fsp3) is 0.111. The van der Waals surface area contributed by atoms with E-state index < -0.39 is 6.10 Å². The summed E-state index contributed by atoms with van der Waals surface area (Å²) in [5.74, 6) is 0.881. The number of imidazole rings is 1. The number of carbonyl (C=O) groups excluding carboxylic acids is 1. The predicted octanol–water partition coefficient (Wildman–Crippen LogP) is 3.55. The molecule has 0 amide bonds. The summed E-state index contributed by atoms with van der Waals surface area (Å²) in [4.78, 5) is 16.0. The lowest BCUT2D eigenvalue weighted by molar-refractivity contribution is -0.115. The number of anilines is 1. The van der Waals surface area contributed by atoms with Gasteiger partial charge in [0.1, 0.15) is 11.7 Å². The molecule has 0 saturated carbocycles. The summed E-state index contributed by atoms with van der Waals surface area (Å²) in [6, 6.07) is 24.7. The molecule has 1 atom stereocenters. The molecule has 0 radical (unpaired) electrons. The largest absolute Gasteiger partial charge is 0.384 e. The highest BCUT2D eigenvalue weighted by molar-refractivity contribution is 5.95. The highest BCUT2D eigenvalue weighted by Crippen LogP contribution is 2.28. The number of nitrogens with one attached hydrogen (secondary N) is 2. The van der Waals surface area contributed by atoms with E-state index in [4.69, 9.17) is 16.1 Å². The molecule has 9 nitrogen and oxygen atoms in total. The Morgan fingerprint density at radius 3 is 2.56 bits per heavy atom. The molecule has 2 heterocycles. The van der Waals surface area contributed by atoms with E-state index in [2.05, 4.69) is 10.4 Å². The first-order valence-corrected chi connectivity index (χ1v) is 11.4. The second-order valence-electron chi connectivity index (χ2n) is 8.42. The van der Waals surface area contributed by atoms with Gasteiger partial charge in [-0.25, -0.2) is 9.67 Å². The van der Waals surface area contributed by atoms with E-state index >= 15 is 0 Å². The van der Waals surface area contributed by atoms with E-state index in [1.54, 1.807) is 22.9 Å². The lowest BCUT2D eigenvalue weighted by Crippen LogP contribution is -2.11. The molecule has 0 bridgehead atoms. The zero-order chi connectivity index (χ0) is 25.2. The van der Waals surface area contributed by atoms with Gasteiger partial charge in [-0.05, 0) is 48.5 Å². The minimum atomic E-state index is -1.30. The zero-order valence-corrected chi connectivity index (χ0v) is 19.6. The molecule has 0 fully saturated rings. The smallest absolute Gasteiger partial charge is 0.154 e. The van der Waals surface area contributed by atoms with Gasteiger partial charge in [-0.15, -0.1) is 0 Å². The van der Waals surface area contributed by atoms with Crippen LogP contribution >= 0.6 is 0 Å². The van der Waals surface area contributed by atoms with Gasteiger partial charge in [-0.3, -0.25) is 5.41 Å². The van der Waals surface area contributed by atoms with Gasteiger partial charge in [0.25, 0.3) is 0 Å². The summed E-state index contributed by atoms with van der Waals surface area (Å²) >= 11 is 0. The number of aliphatic hydroxyl groups is 1. The molecule has 0 spiro atoms. The molecule has 5 aromatic rings. The van der Waals surface area contributed by atoms with Crippen LogP contribution < -0.4 is 11.1 Å². The third-order valence-corrected chi connectivity index (χ3v) is 6.08. The highest BCUT2D eigenvalue weighted by Gasteiger charge is 2.18. The number of rotatable bonds is 8. The minimum Gasteiger partial charge on any atom is -0.384 e. The van der Waals surface area contributed by atoms with Crippen LogP contribution in [0.1, 0.15) is 23.2 Å². The molecule has 9 heteroatoms. The summed E-state index contributed by atoms with van der Waals surface area (Å²) in [6.07, 6.45) is -0.828. The number of nitrogens with two attached hydrogens (primary N) is 1. The van der Waals surface area contributed by atoms with E-state index in [1.807, 2.05) is 72.3 Å². The fourth-order valence-electron chi connectivity index (χ4n) is 4.10. The molecule has 180 valence electrons. The van der Waals surface area contributed by atoms with E-state index in [0.29, 0.717) is 18.4 Å². The van der Waals surface area contributed by atoms with Crippen LogP contribution in [-0.4, -0.2) is 36.6 Å². The number of fused-ring (bicyclic) bond motifs is 1. The number of aryl methyl sites for hydroxylation is 1. The van der Waals surface area contributed by atoms with Crippen molar-refractivity contribution in [2.24, 2.45) is 12.8 Å². The van der Waals surface area contributed by atoms with Gasteiger partial charge >= 0.3 is 0 Å². The van der Waals surface area contributed by atoms with Crippen LogP contribution in [0.25, 0.3) is 28.0 Å². The van der Waals surface area contributed by atoms with Crippen LogP contribution in [0.3, 0.4) is 0 Å². The Morgan fingerprint density at radius 1 is 1.11 bits per heavy atom. The lowest BCUT2D eigenvalue weighted by Gasteiger charge is -2.08. The molecule has 5 N–H and O–H groups in total. The molecule has 0 aliphatic carbocycles. The molecule has 2 aromatic heterocycles. The molecular weight excluding hydrogens is 454 g/mol. The topological polar surface area (TPSA) is 135 Å². The van der Waals surface area contributed by atoms with Gasteiger partial charge < -0.3 is 25.5 Å². The number of nitrogen functional groups attached to an aromatic ring is 1. The van der Waals surface area contributed by atoms with E-state index in [-0.39, 0.29) is 11.5 Å². The van der Waals surface area contributed by atoms with Crippen LogP contribution in [0.2, 0.25) is 0 Å². The molecule has 0 saturated heterocycles. The van der Waals surface area contributed by atoms with Gasteiger partial charge in [0, 0.05) is 23.9 Å². The van der Waals surface area contributed by atoms with Crippen LogP contribution in [0.15, 0.2) is 78.9 Å². The second-order valence-corrected chi connectivity index (χ2v) is 8.42. The zero-order valence-electron chi connectivity index (χ0n) is 19.6. The number of amidine groups is 1. The van der Waals surface area contributed by atoms with Crippen molar-refractivity contribution in [3.63, 3.8) is 0 Å². The van der Waals surface area contributed by atoms with Crippen molar-refractivity contribution in [3.05, 3.63) is 95.9 Å². The average molecular weight is 480 g/mol. The Labute approximate surface area is 207 Å². The minimum absolute atomic E-state index is 0.0353. The summed E-state index contributed by atoms with van der Waals surface area (Å²) < 4.78 is 3.75. The van der Waals surface area contributed by atoms with Crippen molar-refractivity contribution in [2.75, 3.05) is 5.32 Å². The first-order chi connectivity index (χ1) is 17.4. The predicted molar refractivity (Wildman–Crippen MR) is 139 cm³/mol. The third-order valence-electron chi connectivity index (χ3n) is 6.08. The van der Waals surface area contributed by atoms with Crippen molar-refractivity contribution in [2.45, 2.75) is 12.6 Å². The Hall–Kier alpha value is -4.76. The molecule has 5 rings (SSSR count). The van der Waals surface area contributed by atoms with Crippen molar-refractivity contribution in [3.8, 4) is 16.9 Å². The summed E-state index contributed by atoms with van der Waals surface area (Å²) in [5, 5.41) is 25.5. The Balaban J connectivity index is 1.47. The van der Waals surface area contributed by atoms with Crippen molar-refractivity contribution in [1.29, 1.82) is 5.41 Å². The van der Waals surface area contributed by atoms with Gasteiger partial charge in [0.2, 0.25) is 0 Å². The SMILES string of the molecule is Cn1c(CNc2ccc(C(=N)N)cc2)nc2cc(-n3nc(C(O)C=O)cc3-c3ccccc3)ccc21. The van der Waals surface area contributed by atoms with Crippen LogP contribution in [-0.2, 0) is 18.4 Å². The van der Waals surface area contributed by atoms with Crippen molar-refractivity contribution < 1.29 is 9.90 Å². The van der Waals surface area contributed by atoms with Gasteiger partial charge in [0.15, 0.2) is 12.4 Å². The number of aliphatic hydroxyl groups excluding tert-OH is 1.